The van der Waals surface area contributed by atoms with E-state index in [-0.39, 0.29) is 36.1 Å². The fraction of sp³-hybridized carbons (Fsp3) is 0.444. The summed E-state index contributed by atoms with van der Waals surface area (Å²) in [7, 11) is 0. The second kappa shape index (κ2) is 7.81. The lowest BCUT2D eigenvalue weighted by atomic mass is 9.89. The largest absolute Gasteiger partial charge is 0.351 e. The molecule has 130 valence electrons. The van der Waals surface area contributed by atoms with E-state index >= 15 is 0 Å². The van der Waals surface area contributed by atoms with Crippen LogP contribution in [0, 0.1) is 5.92 Å². The summed E-state index contributed by atoms with van der Waals surface area (Å²) in [5, 5.41) is 3.98. The van der Waals surface area contributed by atoms with Crippen LogP contribution in [-0.4, -0.2) is 35.6 Å². The summed E-state index contributed by atoms with van der Waals surface area (Å²) in [6.45, 7) is 5.95. The van der Waals surface area contributed by atoms with E-state index in [1.54, 1.807) is 6.07 Å². The molecule has 1 aliphatic rings. The van der Waals surface area contributed by atoms with Crippen LogP contribution in [0.2, 0.25) is 0 Å². The molecule has 1 fully saturated rings. The average Bonchev–Trinajstić information content (AvgIpc) is 3.22. The van der Waals surface area contributed by atoms with Crippen LogP contribution in [0.25, 0.3) is 0 Å². The Morgan fingerprint density at radius 1 is 1.33 bits per heavy atom. The lowest BCUT2D eigenvalue weighted by Crippen LogP contribution is -2.29. The molecule has 6 heteroatoms. The summed E-state index contributed by atoms with van der Waals surface area (Å²) in [4.78, 5) is 14.5. The van der Waals surface area contributed by atoms with E-state index in [0.29, 0.717) is 25.4 Å². The first kappa shape index (κ1) is 18.5. The van der Waals surface area contributed by atoms with Gasteiger partial charge in [-0.2, -0.15) is 0 Å². The topological polar surface area (TPSA) is 72.4 Å². The van der Waals surface area contributed by atoms with E-state index in [0.717, 1.165) is 5.69 Å². The van der Waals surface area contributed by atoms with E-state index in [9.17, 15) is 4.79 Å². The third-order valence-electron chi connectivity index (χ3n) is 4.59. The molecule has 24 heavy (non-hydrogen) atoms. The standard InChI is InChI=1S/C18H23N3O2.ClH/c1-12(2)16-8-17(23-20-16)18(22)21-10-14(9-19)15(11-21)13-6-4-3-5-7-13;/h3-8,12,14-15H,9-11,19H2,1-2H3;1H/t14-,15+;/m1./s1. The van der Waals surface area contributed by atoms with Gasteiger partial charge in [-0.05, 0) is 23.9 Å². The van der Waals surface area contributed by atoms with Gasteiger partial charge >= 0.3 is 0 Å². The van der Waals surface area contributed by atoms with Crippen molar-refractivity contribution < 1.29 is 9.32 Å². The molecule has 0 saturated carbocycles. The summed E-state index contributed by atoms with van der Waals surface area (Å²) in [6, 6.07) is 12.0. The van der Waals surface area contributed by atoms with Crippen molar-refractivity contribution in [2.45, 2.75) is 25.7 Å². The van der Waals surface area contributed by atoms with Gasteiger partial charge in [0.25, 0.3) is 5.91 Å². The monoisotopic (exact) mass is 349 g/mol. The van der Waals surface area contributed by atoms with Crippen molar-refractivity contribution in [3.8, 4) is 0 Å². The Morgan fingerprint density at radius 3 is 2.62 bits per heavy atom. The zero-order valence-corrected chi connectivity index (χ0v) is 14.8. The van der Waals surface area contributed by atoms with Crippen LogP contribution in [0.3, 0.4) is 0 Å². The lowest BCUT2D eigenvalue weighted by molar-refractivity contribution is 0.0744. The molecule has 0 spiro atoms. The summed E-state index contributed by atoms with van der Waals surface area (Å²) in [5.41, 5.74) is 7.98. The van der Waals surface area contributed by atoms with Crippen molar-refractivity contribution >= 4 is 18.3 Å². The van der Waals surface area contributed by atoms with Crippen LogP contribution in [0.5, 0.6) is 0 Å². The number of nitrogens with two attached hydrogens (primary N) is 1. The molecule has 2 aromatic rings. The summed E-state index contributed by atoms with van der Waals surface area (Å²) < 4.78 is 5.24. The second-order valence-corrected chi connectivity index (χ2v) is 6.49. The fourth-order valence-corrected chi connectivity index (χ4v) is 3.17. The molecule has 2 heterocycles. The Morgan fingerprint density at radius 2 is 2.04 bits per heavy atom. The predicted molar refractivity (Wildman–Crippen MR) is 95.5 cm³/mol. The molecule has 0 unspecified atom stereocenters. The van der Waals surface area contributed by atoms with E-state index in [4.69, 9.17) is 10.3 Å². The first-order chi connectivity index (χ1) is 11.1. The second-order valence-electron chi connectivity index (χ2n) is 6.49. The zero-order chi connectivity index (χ0) is 16.4. The van der Waals surface area contributed by atoms with Crippen LogP contribution < -0.4 is 5.73 Å². The van der Waals surface area contributed by atoms with E-state index < -0.39 is 0 Å². The maximum Gasteiger partial charge on any atom is 0.292 e. The van der Waals surface area contributed by atoms with Gasteiger partial charge in [0.2, 0.25) is 5.76 Å². The maximum atomic E-state index is 12.7. The zero-order valence-electron chi connectivity index (χ0n) is 14.0. The number of carbonyl (C=O) groups is 1. The van der Waals surface area contributed by atoms with Gasteiger partial charge < -0.3 is 15.2 Å². The van der Waals surface area contributed by atoms with Crippen LogP contribution in [-0.2, 0) is 0 Å². The van der Waals surface area contributed by atoms with Gasteiger partial charge in [-0.3, -0.25) is 4.79 Å². The molecule has 2 atom stereocenters. The smallest absolute Gasteiger partial charge is 0.292 e. The normalized spacial score (nSPS) is 20.2. The van der Waals surface area contributed by atoms with Gasteiger partial charge in [-0.1, -0.05) is 49.3 Å². The number of likely N-dealkylation sites (tertiary alicyclic amines) is 1. The van der Waals surface area contributed by atoms with Gasteiger partial charge in [-0.25, -0.2) is 0 Å². The number of nitrogens with zero attached hydrogens (tertiary/aromatic N) is 2. The van der Waals surface area contributed by atoms with Crippen LogP contribution in [0.15, 0.2) is 40.9 Å². The molecule has 1 amide bonds. The Kier molecular flexibility index (Phi) is 6.02. The van der Waals surface area contributed by atoms with Gasteiger partial charge in [0.15, 0.2) is 0 Å². The highest BCUT2D eigenvalue weighted by molar-refractivity contribution is 5.91. The quantitative estimate of drug-likeness (QED) is 0.920. The molecule has 3 rings (SSSR count). The number of benzene rings is 1. The molecular formula is C18H24ClN3O2. The number of rotatable bonds is 4. The number of hydrogen-bond acceptors (Lipinski definition) is 4. The lowest BCUT2D eigenvalue weighted by Gasteiger charge is -2.16. The Hall–Kier alpha value is -1.85. The first-order valence-corrected chi connectivity index (χ1v) is 8.11. The minimum absolute atomic E-state index is 0. The van der Waals surface area contributed by atoms with Crippen molar-refractivity contribution in [1.29, 1.82) is 0 Å². The molecule has 2 N–H and O–H groups in total. The number of halogens is 1. The average molecular weight is 350 g/mol. The van der Waals surface area contributed by atoms with E-state index in [1.807, 2.05) is 36.9 Å². The molecule has 1 aliphatic heterocycles. The van der Waals surface area contributed by atoms with Crippen molar-refractivity contribution in [2.75, 3.05) is 19.6 Å². The Balaban J connectivity index is 0.00000208. The highest BCUT2D eigenvalue weighted by Crippen LogP contribution is 2.33. The molecule has 1 saturated heterocycles. The number of carbonyl (C=O) groups excluding carboxylic acids is 1. The maximum absolute atomic E-state index is 12.7. The van der Waals surface area contributed by atoms with Crippen molar-refractivity contribution in [1.82, 2.24) is 10.1 Å². The molecule has 1 aromatic heterocycles. The number of aromatic nitrogens is 1. The Labute approximate surface area is 148 Å². The fourth-order valence-electron chi connectivity index (χ4n) is 3.17. The number of amides is 1. The van der Waals surface area contributed by atoms with Gasteiger partial charge in [-0.15, -0.1) is 12.4 Å². The summed E-state index contributed by atoms with van der Waals surface area (Å²) in [5.74, 6) is 1.01. The molecule has 1 aromatic carbocycles. The van der Waals surface area contributed by atoms with Crippen LogP contribution in [0.1, 0.15) is 47.5 Å². The molecule has 0 bridgehead atoms. The highest BCUT2D eigenvalue weighted by atomic mass is 35.5. The molecular weight excluding hydrogens is 326 g/mol. The molecule has 5 nitrogen and oxygen atoms in total. The van der Waals surface area contributed by atoms with Crippen LogP contribution in [0.4, 0.5) is 0 Å². The third-order valence-corrected chi connectivity index (χ3v) is 4.59. The number of hydrogen-bond donors (Lipinski definition) is 1. The summed E-state index contributed by atoms with van der Waals surface area (Å²) in [6.07, 6.45) is 0. The van der Waals surface area contributed by atoms with Crippen molar-refractivity contribution in [2.24, 2.45) is 11.7 Å². The minimum atomic E-state index is -0.0960. The molecule has 0 aliphatic carbocycles. The minimum Gasteiger partial charge on any atom is -0.351 e. The third kappa shape index (κ3) is 3.62. The predicted octanol–water partition coefficient (Wildman–Crippen LogP) is 3.03. The SMILES string of the molecule is CC(C)c1cc(C(=O)N2C[C@@H](CN)[C@H](c3ccccc3)C2)on1.Cl. The van der Waals surface area contributed by atoms with Crippen molar-refractivity contribution in [3.63, 3.8) is 0 Å². The van der Waals surface area contributed by atoms with Crippen LogP contribution >= 0.6 is 12.4 Å². The Bertz CT molecular complexity index is 672. The molecule has 0 radical (unpaired) electrons. The highest BCUT2D eigenvalue weighted by Gasteiger charge is 2.36. The van der Waals surface area contributed by atoms with Gasteiger partial charge in [0.1, 0.15) is 0 Å². The van der Waals surface area contributed by atoms with E-state index in [2.05, 4.69) is 17.3 Å². The first-order valence-electron chi connectivity index (χ1n) is 8.11. The van der Waals surface area contributed by atoms with Gasteiger partial charge in [0, 0.05) is 25.1 Å². The van der Waals surface area contributed by atoms with Crippen molar-refractivity contribution in [3.05, 3.63) is 53.4 Å². The van der Waals surface area contributed by atoms with Gasteiger partial charge in [0.05, 0.1) is 5.69 Å². The van der Waals surface area contributed by atoms with E-state index in [1.165, 1.54) is 5.56 Å². The summed E-state index contributed by atoms with van der Waals surface area (Å²) >= 11 is 0.